The van der Waals surface area contributed by atoms with Gasteiger partial charge in [0.25, 0.3) is 0 Å². The molecule has 2 heteroatoms. The van der Waals surface area contributed by atoms with Crippen LogP contribution in [0.2, 0.25) is 0 Å². The van der Waals surface area contributed by atoms with Crippen molar-refractivity contribution in [1.82, 2.24) is 0 Å². The minimum absolute atomic E-state index is 0.234. The summed E-state index contributed by atoms with van der Waals surface area (Å²) in [5.74, 6) is 0.468. The molecule has 0 aromatic heterocycles. The lowest BCUT2D eigenvalue weighted by atomic mass is 9.81. The summed E-state index contributed by atoms with van der Waals surface area (Å²) in [7, 11) is 0. The quantitative estimate of drug-likeness (QED) is 0.622. The third-order valence-electron chi connectivity index (χ3n) is 2.33. The first-order chi connectivity index (χ1) is 4.45. The van der Waals surface area contributed by atoms with Crippen LogP contribution in [0, 0.1) is 11.8 Å². The second-order valence-electron chi connectivity index (χ2n) is 3.50. The van der Waals surface area contributed by atoms with Crippen molar-refractivity contribution in [2.24, 2.45) is 17.6 Å². The molecular formula is C8H19NO. The van der Waals surface area contributed by atoms with Gasteiger partial charge in [-0.1, -0.05) is 27.7 Å². The average Bonchev–Trinajstić information content (AvgIpc) is 1.85. The summed E-state index contributed by atoms with van der Waals surface area (Å²) in [6.07, 6.45) is 0. The fraction of sp³-hybridized carbons (Fsp3) is 1.00. The molecule has 0 aromatic carbocycles. The highest BCUT2D eigenvalue weighted by atomic mass is 16.3. The van der Waals surface area contributed by atoms with Gasteiger partial charge in [-0.15, -0.1) is 0 Å². The molecule has 0 heterocycles. The van der Waals surface area contributed by atoms with Crippen LogP contribution >= 0.6 is 0 Å². The molecule has 2 nitrogen and oxygen atoms in total. The maximum absolute atomic E-state index is 9.85. The van der Waals surface area contributed by atoms with Gasteiger partial charge in [-0.3, -0.25) is 0 Å². The maximum atomic E-state index is 9.85. The van der Waals surface area contributed by atoms with E-state index in [1.54, 1.807) is 0 Å². The standard InChI is InChI=1S/C8H19NO/c1-6(2)8(10,5-9)7(3)4/h6-7,10H,5,9H2,1-4H3. The molecule has 3 N–H and O–H groups in total. The van der Waals surface area contributed by atoms with Crippen LogP contribution in [0.5, 0.6) is 0 Å². The predicted molar refractivity (Wildman–Crippen MR) is 43.7 cm³/mol. The summed E-state index contributed by atoms with van der Waals surface area (Å²) >= 11 is 0. The van der Waals surface area contributed by atoms with E-state index in [9.17, 15) is 5.11 Å². The highest BCUT2D eigenvalue weighted by Crippen LogP contribution is 2.24. The van der Waals surface area contributed by atoms with Crippen LogP contribution in [0.4, 0.5) is 0 Å². The molecule has 0 aliphatic rings. The Labute approximate surface area is 63.4 Å². The first-order valence-corrected chi connectivity index (χ1v) is 3.87. The highest BCUT2D eigenvalue weighted by Gasteiger charge is 2.32. The van der Waals surface area contributed by atoms with Gasteiger partial charge in [0.1, 0.15) is 0 Å². The van der Waals surface area contributed by atoms with Crippen molar-refractivity contribution in [3.05, 3.63) is 0 Å². The van der Waals surface area contributed by atoms with Gasteiger partial charge in [-0.25, -0.2) is 0 Å². The molecule has 0 fully saturated rings. The van der Waals surface area contributed by atoms with Gasteiger partial charge >= 0.3 is 0 Å². The van der Waals surface area contributed by atoms with Gasteiger partial charge < -0.3 is 10.8 Å². The van der Waals surface area contributed by atoms with Gasteiger partial charge in [0, 0.05) is 6.54 Å². The Kier molecular flexibility index (Phi) is 3.33. The van der Waals surface area contributed by atoms with Gasteiger partial charge in [-0.05, 0) is 11.8 Å². The second kappa shape index (κ2) is 3.35. The van der Waals surface area contributed by atoms with Crippen LogP contribution in [-0.2, 0) is 0 Å². The topological polar surface area (TPSA) is 46.2 Å². The Bertz CT molecular complexity index is 91.4. The Balaban J connectivity index is 4.23. The molecule has 0 saturated heterocycles. The average molecular weight is 145 g/mol. The van der Waals surface area contributed by atoms with E-state index in [1.807, 2.05) is 27.7 Å². The summed E-state index contributed by atoms with van der Waals surface area (Å²) in [6, 6.07) is 0. The zero-order valence-electron chi connectivity index (χ0n) is 7.39. The van der Waals surface area contributed by atoms with Crippen LogP contribution in [0.15, 0.2) is 0 Å². The lowest BCUT2D eigenvalue weighted by Gasteiger charge is -2.34. The predicted octanol–water partition coefficient (Wildman–Crippen LogP) is 0.988. The molecule has 0 amide bonds. The van der Waals surface area contributed by atoms with Gasteiger partial charge in [0.2, 0.25) is 0 Å². The molecule has 0 aliphatic heterocycles. The van der Waals surface area contributed by atoms with E-state index in [4.69, 9.17) is 5.73 Å². The first kappa shape index (κ1) is 9.92. The number of nitrogens with two attached hydrogens (primary N) is 1. The minimum Gasteiger partial charge on any atom is -0.388 e. The maximum Gasteiger partial charge on any atom is 0.0814 e. The van der Waals surface area contributed by atoms with Gasteiger partial charge in [0.05, 0.1) is 5.60 Å². The van der Waals surface area contributed by atoms with E-state index >= 15 is 0 Å². The molecule has 62 valence electrons. The molecule has 0 bridgehead atoms. The van der Waals surface area contributed by atoms with Crippen molar-refractivity contribution in [2.45, 2.75) is 33.3 Å². The minimum atomic E-state index is -0.681. The summed E-state index contributed by atoms with van der Waals surface area (Å²) in [5, 5.41) is 9.85. The molecule has 0 atom stereocenters. The van der Waals surface area contributed by atoms with Crippen LogP contribution in [-0.4, -0.2) is 17.3 Å². The fourth-order valence-electron chi connectivity index (χ4n) is 1.14. The van der Waals surface area contributed by atoms with Gasteiger partial charge in [0.15, 0.2) is 0 Å². The molecule has 0 rings (SSSR count). The molecule has 0 spiro atoms. The van der Waals surface area contributed by atoms with E-state index in [0.717, 1.165) is 0 Å². The summed E-state index contributed by atoms with van der Waals surface area (Å²) in [4.78, 5) is 0. The Morgan fingerprint density at radius 2 is 1.50 bits per heavy atom. The Hall–Kier alpha value is -0.0800. The van der Waals surface area contributed by atoms with E-state index in [2.05, 4.69) is 0 Å². The Morgan fingerprint density at radius 1 is 1.20 bits per heavy atom. The first-order valence-electron chi connectivity index (χ1n) is 3.87. The van der Waals surface area contributed by atoms with Crippen LogP contribution < -0.4 is 5.73 Å². The van der Waals surface area contributed by atoms with Crippen molar-refractivity contribution < 1.29 is 5.11 Å². The molecule has 0 aromatic rings. The molecule has 0 unspecified atom stereocenters. The SMILES string of the molecule is CC(C)C(O)(CN)C(C)C. The zero-order chi connectivity index (χ0) is 8.36. The van der Waals surface area contributed by atoms with Crippen molar-refractivity contribution in [3.8, 4) is 0 Å². The van der Waals surface area contributed by atoms with Gasteiger partial charge in [-0.2, -0.15) is 0 Å². The lowest BCUT2D eigenvalue weighted by Crippen LogP contribution is -2.47. The van der Waals surface area contributed by atoms with Crippen molar-refractivity contribution in [1.29, 1.82) is 0 Å². The number of aliphatic hydroxyl groups is 1. The summed E-state index contributed by atoms with van der Waals surface area (Å²) in [5.41, 5.74) is 4.78. The summed E-state index contributed by atoms with van der Waals surface area (Å²) in [6.45, 7) is 8.32. The van der Waals surface area contributed by atoms with Crippen LogP contribution in [0.25, 0.3) is 0 Å². The summed E-state index contributed by atoms with van der Waals surface area (Å²) < 4.78 is 0. The van der Waals surface area contributed by atoms with E-state index < -0.39 is 5.60 Å². The lowest BCUT2D eigenvalue weighted by molar-refractivity contribution is -0.0379. The third-order valence-corrected chi connectivity index (χ3v) is 2.33. The van der Waals surface area contributed by atoms with E-state index in [0.29, 0.717) is 6.54 Å². The molecule has 0 saturated carbocycles. The number of rotatable bonds is 3. The number of hydrogen-bond acceptors (Lipinski definition) is 2. The third kappa shape index (κ3) is 1.70. The molecule has 0 radical (unpaired) electrons. The fourth-order valence-corrected chi connectivity index (χ4v) is 1.14. The molecule has 0 aliphatic carbocycles. The Morgan fingerprint density at radius 3 is 1.50 bits per heavy atom. The second-order valence-corrected chi connectivity index (χ2v) is 3.50. The van der Waals surface area contributed by atoms with Crippen molar-refractivity contribution in [2.75, 3.05) is 6.54 Å². The van der Waals surface area contributed by atoms with E-state index in [-0.39, 0.29) is 11.8 Å². The highest BCUT2D eigenvalue weighted by molar-refractivity contribution is 4.85. The largest absolute Gasteiger partial charge is 0.388 e. The molecule has 10 heavy (non-hydrogen) atoms. The van der Waals surface area contributed by atoms with Crippen molar-refractivity contribution in [3.63, 3.8) is 0 Å². The van der Waals surface area contributed by atoms with Crippen LogP contribution in [0.1, 0.15) is 27.7 Å². The van der Waals surface area contributed by atoms with E-state index in [1.165, 1.54) is 0 Å². The number of hydrogen-bond donors (Lipinski definition) is 2. The smallest absolute Gasteiger partial charge is 0.0814 e. The zero-order valence-corrected chi connectivity index (χ0v) is 7.39. The van der Waals surface area contributed by atoms with Crippen molar-refractivity contribution >= 4 is 0 Å². The normalized spacial score (nSPS) is 13.2. The molecular weight excluding hydrogens is 126 g/mol. The van der Waals surface area contributed by atoms with Crippen LogP contribution in [0.3, 0.4) is 0 Å². The monoisotopic (exact) mass is 145 g/mol.